The summed E-state index contributed by atoms with van der Waals surface area (Å²) in [5.74, 6) is 1.77. The highest BCUT2D eigenvalue weighted by molar-refractivity contribution is 5.39. The van der Waals surface area contributed by atoms with Crippen LogP contribution in [0.2, 0.25) is 0 Å². The number of nitrogens with one attached hydrogen (secondary N) is 2. The fraction of sp³-hybridized carbons (Fsp3) is 0.667. The summed E-state index contributed by atoms with van der Waals surface area (Å²) in [6.07, 6.45) is 3.55. The molecule has 2 heterocycles. The molecule has 0 aliphatic rings. The number of rotatable bonds is 7. The molecule has 19 heavy (non-hydrogen) atoms. The van der Waals surface area contributed by atoms with E-state index in [2.05, 4.69) is 51.4 Å². The molecule has 0 radical (unpaired) electrons. The molecule has 7 nitrogen and oxygen atoms in total. The number of H-pyrrole nitrogens is 1. The molecule has 0 saturated carbocycles. The standard InChI is InChI=1S/C12H20N6O/c1-4-6-13-9(5-2)8(3)12-16-11(18-19-12)10-14-7-15-17-10/h7-9,13H,4-6H2,1-3H3,(H,14,15,17). The Labute approximate surface area is 112 Å². The Hall–Kier alpha value is -1.76. The second kappa shape index (κ2) is 6.42. The van der Waals surface area contributed by atoms with Crippen molar-refractivity contribution in [3.05, 3.63) is 12.2 Å². The average molecular weight is 264 g/mol. The molecule has 0 saturated heterocycles. The maximum Gasteiger partial charge on any atom is 0.239 e. The van der Waals surface area contributed by atoms with Crippen LogP contribution in [0.3, 0.4) is 0 Å². The third kappa shape index (κ3) is 3.17. The molecule has 2 aromatic heterocycles. The van der Waals surface area contributed by atoms with Crippen LogP contribution in [0.15, 0.2) is 10.9 Å². The maximum absolute atomic E-state index is 5.32. The largest absolute Gasteiger partial charge is 0.339 e. The minimum atomic E-state index is 0.167. The molecule has 2 unspecified atom stereocenters. The Morgan fingerprint density at radius 3 is 2.89 bits per heavy atom. The number of aromatic amines is 1. The van der Waals surface area contributed by atoms with E-state index in [1.165, 1.54) is 6.33 Å². The molecule has 0 aromatic carbocycles. The van der Waals surface area contributed by atoms with Crippen molar-refractivity contribution in [2.45, 2.75) is 45.6 Å². The van der Waals surface area contributed by atoms with E-state index in [0.29, 0.717) is 23.6 Å². The lowest BCUT2D eigenvalue weighted by Crippen LogP contribution is -2.33. The van der Waals surface area contributed by atoms with Crippen LogP contribution in [0.1, 0.15) is 45.4 Å². The van der Waals surface area contributed by atoms with Gasteiger partial charge in [0.25, 0.3) is 0 Å². The zero-order chi connectivity index (χ0) is 13.7. The lowest BCUT2D eigenvalue weighted by atomic mass is 9.99. The van der Waals surface area contributed by atoms with E-state index in [0.717, 1.165) is 19.4 Å². The zero-order valence-corrected chi connectivity index (χ0v) is 11.6. The minimum absolute atomic E-state index is 0.167. The highest BCUT2D eigenvalue weighted by atomic mass is 16.5. The van der Waals surface area contributed by atoms with Gasteiger partial charge in [-0.2, -0.15) is 10.1 Å². The summed E-state index contributed by atoms with van der Waals surface area (Å²) in [5, 5.41) is 13.9. The first-order chi connectivity index (χ1) is 9.26. The van der Waals surface area contributed by atoms with E-state index in [1.54, 1.807) is 0 Å². The Morgan fingerprint density at radius 1 is 1.42 bits per heavy atom. The maximum atomic E-state index is 5.32. The SMILES string of the molecule is CCCNC(CC)C(C)c1nc(-c2ncn[nH]2)no1. The fourth-order valence-electron chi connectivity index (χ4n) is 2.01. The van der Waals surface area contributed by atoms with Gasteiger partial charge in [-0.3, -0.25) is 5.10 Å². The summed E-state index contributed by atoms with van der Waals surface area (Å²) in [4.78, 5) is 8.38. The third-order valence-corrected chi connectivity index (χ3v) is 3.16. The highest BCUT2D eigenvalue weighted by Gasteiger charge is 2.23. The van der Waals surface area contributed by atoms with Gasteiger partial charge in [-0.1, -0.05) is 25.9 Å². The molecular formula is C12H20N6O. The van der Waals surface area contributed by atoms with Gasteiger partial charge in [0.05, 0.1) is 5.92 Å². The Balaban J connectivity index is 2.08. The second-order valence-electron chi connectivity index (χ2n) is 4.55. The van der Waals surface area contributed by atoms with Gasteiger partial charge in [0.15, 0.2) is 5.82 Å². The van der Waals surface area contributed by atoms with Gasteiger partial charge in [-0.25, -0.2) is 4.98 Å². The number of nitrogens with zero attached hydrogens (tertiary/aromatic N) is 4. The quantitative estimate of drug-likeness (QED) is 0.791. The van der Waals surface area contributed by atoms with Crippen molar-refractivity contribution >= 4 is 0 Å². The van der Waals surface area contributed by atoms with E-state index >= 15 is 0 Å². The summed E-state index contributed by atoms with van der Waals surface area (Å²) in [6, 6.07) is 0.336. The summed E-state index contributed by atoms with van der Waals surface area (Å²) in [6.45, 7) is 7.39. The van der Waals surface area contributed by atoms with Crippen LogP contribution in [0.5, 0.6) is 0 Å². The summed E-state index contributed by atoms with van der Waals surface area (Å²) >= 11 is 0. The first-order valence-electron chi connectivity index (χ1n) is 6.69. The minimum Gasteiger partial charge on any atom is -0.339 e. The number of hydrogen-bond acceptors (Lipinski definition) is 6. The van der Waals surface area contributed by atoms with Crippen LogP contribution in [0.4, 0.5) is 0 Å². The van der Waals surface area contributed by atoms with E-state index in [9.17, 15) is 0 Å². The zero-order valence-electron chi connectivity index (χ0n) is 11.6. The van der Waals surface area contributed by atoms with Crippen LogP contribution in [-0.2, 0) is 0 Å². The van der Waals surface area contributed by atoms with Crippen molar-refractivity contribution in [2.24, 2.45) is 0 Å². The molecule has 2 atom stereocenters. The monoisotopic (exact) mass is 264 g/mol. The van der Waals surface area contributed by atoms with E-state index in [-0.39, 0.29) is 5.92 Å². The van der Waals surface area contributed by atoms with Gasteiger partial charge >= 0.3 is 0 Å². The normalized spacial score (nSPS) is 14.5. The Bertz CT molecular complexity index is 480. The van der Waals surface area contributed by atoms with E-state index in [1.807, 2.05) is 0 Å². The van der Waals surface area contributed by atoms with Crippen LogP contribution in [0.25, 0.3) is 11.6 Å². The molecule has 2 aromatic rings. The Morgan fingerprint density at radius 2 is 2.26 bits per heavy atom. The molecule has 0 amide bonds. The van der Waals surface area contributed by atoms with Crippen LogP contribution in [-0.4, -0.2) is 37.9 Å². The predicted molar refractivity (Wildman–Crippen MR) is 70.5 cm³/mol. The van der Waals surface area contributed by atoms with Gasteiger partial charge in [-0.05, 0) is 19.4 Å². The van der Waals surface area contributed by atoms with Crippen molar-refractivity contribution in [1.82, 2.24) is 30.6 Å². The smallest absolute Gasteiger partial charge is 0.239 e. The lowest BCUT2D eigenvalue weighted by Gasteiger charge is -2.20. The van der Waals surface area contributed by atoms with Gasteiger partial charge in [0, 0.05) is 6.04 Å². The summed E-state index contributed by atoms with van der Waals surface area (Å²) in [7, 11) is 0. The molecule has 0 fully saturated rings. The summed E-state index contributed by atoms with van der Waals surface area (Å²) in [5.41, 5.74) is 0. The van der Waals surface area contributed by atoms with E-state index in [4.69, 9.17) is 4.52 Å². The van der Waals surface area contributed by atoms with Crippen LogP contribution < -0.4 is 5.32 Å². The topological polar surface area (TPSA) is 92.5 Å². The first kappa shape index (κ1) is 13.7. The van der Waals surface area contributed by atoms with Crippen molar-refractivity contribution < 1.29 is 4.52 Å². The molecule has 0 aliphatic heterocycles. The predicted octanol–water partition coefficient (Wildman–Crippen LogP) is 1.74. The van der Waals surface area contributed by atoms with Gasteiger partial charge in [-0.15, -0.1) is 0 Å². The molecular weight excluding hydrogens is 244 g/mol. The molecule has 2 rings (SSSR count). The van der Waals surface area contributed by atoms with Crippen LogP contribution in [0, 0.1) is 0 Å². The first-order valence-corrected chi connectivity index (χ1v) is 6.69. The molecule has 7 heteroatoms. The summed E-state index contributed by atoms with van der Waals surface area (Å²) < 4.78 is 5.32. The lowest BCUT2D eigenvalue weighted by molar-refractivity contribution is 0.319. The third-order valence-electron chi connectivity index (χ3n) is 3.16. The molecule has 0 spiro atoms. The van der Waals surface area contributed by atoms with Crippen molar-refractivity contribution in [1.29, 1.82) is 0 Å². The van der Waals surface area contributed by atoms with Gasteiger partial charge in [0.2, 0.25) is 11.7 Å². The van der Waals surface area contributed by atoms with Gasteiger partial charge in [0.1, 0.15) is 6.33 Å². The Kier molecular flexibility index (Phi) is 4.62. The number of aromatic nitrogens is 5. The molecule has 0 bridgehead atoms. The number of hydrogen-bond donors (Lipinski definition) is 2. The van der Waals surface area contributed by atoms with Crippen LogP contribution >= 0.6 is 0 Å². The van der Waals surface area contributed by atoms with E-state index < -0.39 is 0 Å². The fourth-order valence-corrected chi connectivity index (χ4v) is 2.01. The van der Waals surface area contributed by atoms with Crippen molar-refractivity contribution in [3.63, 3.8) is 0 Å². The highest BCUT2D eigenvalue weighted by Crippen LogP contribution is 2.21. The van der Waals surface area contributed by atoms with Crippen molar-refractivity contribution in [2.75, 3.05) is 6.54 Å². The van der Waals surface area contributed by atoms with Crippen molar-refractivity contribution in [3.8, 4) is 11.6 Å². The van der Waals surface area contributed by atoms with Gasteiger partial charge < -0.3 is 9.84 Å². The second-order valence-corrected chi connectivity index (χ2v) is 4.55. The molecule has 2 N–H and O–H groups in total. The average Bonchev–Trinajstić information content (AvgIpc) is 3.10. The molecule has 0 aliphatic carbocycles. The molecule has 104 valence electrons.